The van der Waals surface area contributed by atoms with Gasteiger partial charge in [-0.25, -0.2) is 0 Å². The second kappa shape index (κ2) is 9.97. The number of nitrogens with zero attached hydrogens (tertiary/aromatic N) is 3. The molecule has 0 fully saturated rings. The SMILES string of the molecule is CCN(CC)c1ccc(C=NC[C@@H](c2ccccc2OC)N(C)C)c(O)c1. The summed E-state index contributed by atoms with van der Waals surface area (Å²) >= 11 is 0. The van der Waals surface area contributed by atoms with Crippen LogP contribution in [0.5, 0.6) is 11.5 Å². The summed E-state index contributed by atoms with van der Waals surface area (Å²) in [5, 5.41) is 10.4. The summed E-state index contributed by atoms with van der Waals surface area (Å²) in [5.74, 6) is 1.11. The van der Waals surface area contributed by atoms with Gasteiger partial charge in [0.2, 0.25) is 0 Å². The van der Waals surface area contributed by atoms with Crippen molar-refractivity contribution in [3.05, 3.63) is 53.6 Å². The van der Waals surface area contributed by atoms with Crippen LogP contribution in [-0.4, -0.2) is 57.1 Å². The van der Waals surface area contributed by atoms with Crippen molar-refractivity contribution in [2.45, 2.75) is 19.9 Å². The number of benzene rings is 2. The van der Waals surface area contributed by atoms with Gasteiger partial charge in [0.1, 0.15) is 11.5 Å². The molecule has 0 aliphatic rings. The van der Waals surface area contributed by atoms with E-state index in [1.807, 2.05) is 44.4 Å². The highest BCUT2D eigenvalue weighted by molar-refractivity contribution is 5.84. The van der Waals surface area contributed by atoms with Gasteiger partial charge in [0.25, 0.3) is 0 Å². The summed E-state index contributed by atoms with van der Waals surface area (Å²) in [6.45, 7) is 6.61. The lowest BCUT2D eigenvalue weighted by molar-refractivity contribution is 0.295. The third kappa shape index (κ3) is 5.23. The number of hydrogen-bond acceptors (Lipinski definition) is 5. The molecule has 0 aromatic heterocycles. The molecule has 0 saturated heterocycles. The van der Waals surface area contributed by atoms with Gasteiger partial charge in [0, 0.05) is 42.2 Å². The summed E-state index contributed by atoms with van der Waals surface area (Å²) < 4.78 is 5.49. The number of anilines is 1. The highest BCUT2D eigenvalue weighted by Crippen LogP contribution is 2.28. The quantitative estimate of drug-likeness (QED) is 0.680. The average Bonchev–Trinajstić information content (AvgIpc) is 2.67. The van der Waals surface area contributed by atoms with E-state index in [1.165, 1.54) is 0 Å². The minimum absolute atomic E-state index is 0.0921. The van der Waals surface area contributed by atoms with Crippen molar-refractivity contribution in [2.24, 2.45) is 4.99 Å². The molecule has 0 bridgehead atoms. The van der Waals surface area contributed by atoms with Crippen molar-refractivity contribution in [2.75, 3.05) is 45.7 Å². The van der Waals surface area contributed by atoms with E-state index >= 15 is 0 Å². The maximum absolute atomic E-state index is 10.4. The lowest BCUT2D eigenvalue weighted by atomic mass is 10.0. The zero-order chi connectivity index (χ0) is 19.8. The third-order valence-corrected chi connectivity index (χ3v) is 4.77. The lowest BCUT2D eigenvalue weighted by Gasteiger charge is -2.24. The highest BCUT2D eigenvalue weighted by atomic mass is 16.5. The van der Waals surface area contributed by atoms with Crippen molar-refractivity contribution in [1.82, 2.24) is 4.90 Å². The highest BCUT2D eigenvalue weighted by Gasteiger charge is 2.17. The maximum Gasteiger partial charge on any atom is 0.126 e. The summed E-state index contributed by atoms with van der Waals surface area (Å²) in [7, 11) is 5.75. The van der Waals surface area contributed by atoms with Gasteiger partial charge < -0.3 is 19.6 Å². The Balaban J connectivity index is 2.17. The molecule has 0 aliphatic carbocycles. The molecule has 0 radical (unpaired) electrons. The van der Waals surface area contributed by atoms with E-state index in [0.29, 0.717) is 6.54 Å². The number of phenolic OH excluding ortho intramolecular Hbond substituents is 1. The van der Waals surface area contributed by atoms with Crippen LogP contribution >= 0.6 is 0 Å². The number of aromatic hydroxyl groups is 1. The number of ether oxygens (including phenoxy) is 1. The molecule has 5 heteroatoms. The van der Waals surface area contributed by atoms with Crippen molar-refractivity contribution in [3.8, 4) is 11.5 Å². The molecule has 146 valence electrons. The van der Waals surface area contributed by atoms with Gasteiger partial charge in [-0.05, 0) is 46.1 Å². The first kappa shape index (κ1) is 20.8. The number of phenols is 1. The standard InChI is InChI=1S/C22H31N3O2/c1-6-25(7-2)18-13-12-17(21(26)14-18)15-23-16-20(24(3)4)19-10-8-9-11-22(19)27-5/h8-15,20,26H,6-7,16H2,1-5H3/t20-/m0/s1. The van der Waals surface area contributed by atoms with Crippen molar-refractivity contribution in [3.63, 3.8) is 0 Å². The molecule has 27 heavy (non-hydrogen) atoms. The molecule has 0 saturated carbocycles. The Morgan fingerprint density at radius 1 is 1.11 bits per heavy atom. The molecule has 5 nitrogen and oxygen atoms in total. The van der Waals surface area contributed by atoms with E-state index < -0.39 is 0 Å². The molecular weight excluding hydrogens is 338 g/mol. The summed E-state index contributed by atoms with van der Waals surface area (Å²) in [6, 6.07) is 13.8. The molecule has 0 heterocycles. The van der Waals surface area contributed by atoms with E-state index in [9.17, 15) is 5.11 Å². The van der Waals surface area contributed by atoms with Gasteiger partial charge in [-0.3, -0.25) is 4.99 Å². The molecule has 0 amide bonds. The lowest BCUT2D eigenvalue weighted by Crippen LogP contribution is -2.23. The Labute approximate surface area is 162 Å². The van der Waals surface area contributed by atoms with Crippen LogP contribution in [0.25, 0.3) is 0 Å². The third-order valence-electron chi connectivity index (χ3n) is 4.77. The van der Waals surface area contributed by atoms with E-state index in [-0.39, 0.29) is 11.8 Å². The zero-order valence-electron chi connectivity index (χ0n) is 17.0. The fourth-order valence-electron chi connectivity index (χ4n) is 3.16. The smallest absolute Gasteiger partial charge is 0.126 e. The van der Waals surface area contributed by atoms with Crippen LogP contribution < -0.4 is 9.64 Å². The van der Waals surface area contributed by atoms with Crippen LogP contribution in [0.3, 0.4) is 0 Å². The van der Waals surface area contributed by atoms with E-state index in [1.54, 1.807) is 19.4 Å². The Morgan fingerprint density at radius 2 is 1.81 bits per heavy atom. The molecular formula is C22H31N3O2. The molecule has 0 unspecified atom stereocenters. The first-order valence-corrected chi connectivity index (χ1v) is 9.38. The van der Waals surface area contributed by atoms with Gasteiger partial charge in [-0.2, -0.15) is 0 Å². The number of likely N-dealkylation sites (N-methyl/N-ethyl adjacent to an activating group) is 1. The van der Waals surface area contributed by atoms with Crippen LogP contribution in [0.2, 0.25) is 0 Å². The summed E-state index contributed by atoms with van der Waals surface area (Å²) in [6.07, 6.45) is 1.74. The Morgan fingerprint density at radius 3 is 2.41 bits per heavy atom. The molecule has 2 aromatic carbocycles. The van der Waals surface area contributed by atoms with Crippen molar-refractivity contribution >= 4 is 11.9 Å². The number of rotatable bonds is 9. The van der Waals surface area contributed by atoms with Gasteiger partial charge in [0.15, 0.2) is 0 Å². The number of methoxy groups -OCH3 is 1. The molecule has 1 N–H and O–H groups in total. The van der Waals surface area contributed by atoms with Crippen molar-refractivity contribution in [1.29, 1.82) is 0 Å². The maximum atomic E-state index is 10.4. The predicted molar refractivity (Wildman–Crippen MR) is 114 cm³/mol. The predicted octanol–water partition coefficient (Wildman–Crippen LogP) is 3.97. The topological polar surface area (TPSA) is 48.3 Å². The van der Waals surface area contributed by atoms with Crippen LogP contribution in [-0.2, 0) is 0 Å². The minimum Gasteiger partial charge on any atom is -0.507 e. The number of para-hydroxylation sites is 1. The Hall–Kier alpha value is -2.53. The molecule has 0 aliphatic heterocycles. The van der Waals surface area contributed by atoms with E-state index in [2.05, 4.69) is 34.7 Å². The van der Waals surface area contributed by atoms with E-state index in [0.717, 1.165) is 35.7 Å². The largest absolute Gasteiger partial charge is 0.507 e. The monoisotopic (exact) mass is 369 g/mol. The van der Waals surface area contributed by atoms with E-state index in [4.69, 9.17) is 4.74 Å². The number of hydrogen-bond donors (Lipinski definition) is 1. The molecule has 2 rings (SSSR count). The van der Waals surface area contributed by atoms with Gasteiger partial charge in [-0.1, -0.05) is 18.2 Å². The van der Waals surface area contributed by atoms with Gasteiger partial charge in [-0.15, -0.1) is 0 Å². The van der Waals surface area contributed by atoms with Crippen LogP contribution in [0.4, 0.5) is 5.69 Å². The van der Waals surface area contributed by atoms with Crippen LogP contribution in [0.15, 0.2) is 47.5 Å². The average molecular weight is 370 g/mol. The summed E-state index contributed by atoms with van der Waals surface area (Å²) in [4.78, 5) is 8.92. The first-order chi connectivity index (χ1) is 13.0. The normalized spacial score (nSPS) is 12.5. The second-order valence-electron chi connectivity index (χ2n) is 6.63. The Bertz CT molecular complexity index is 755. The van der Waals surface area contributed by atoms with Gasteiger partial charge in [0.05, 0.1) is 19.7 Å². The number of aliphatic imine (C=N–C) groups is 1. The second-order valence-corrected chi connectivity index (χ2v) is 6.63. The molecule has 1 atom stereocenters. The fourth-order valence-corrected chi connectivity index (χ4v) is 3.16. The fraction of sp³-hybridized carbons (Fsp3) is 0.409. The van der Waals surface area contributed by atoms with Crippen LogP contribution in [0, 0.1) is 0 Å². The summed E-state index contributed by atoms with van der Waals surface area (Å²) in [5.41, 5.74) is 2.85. The van der Waals surface area contributed by atoms with Crippen molar-refractivity contribution < 1.29 is 9.84 Å². The Kier molecular flexibility index (Phi) is 7.67. The minimum atomic E-state index is 0.0921. The zero-order valence-corrected chi connectivity index (χ0v) is 17.0. The molecule has 0 spiro atoms. The molecule has 2 aromatic rings. The van der Waals surface area contributed by atoms with Crippen LogP contribution in [0.1, 0.15) is 31.0 Å². The first-order valence-electron chi connectivity index (χ1n) is 9.38. The van der Waals surface area contributed by atoms with Gasteiger partial charge >= 0.3 is 0 Å².